The first-order chi connectivity index (χ1) is 10.6. The highest BCUT2D eigenvalue weighted by Gasteiger charge is 2.22. The normalized spacial score (nSPS) is 10.8. The van der Waals surface area contributed by atoms with Crippen molar-refractivity contribution in [1.29, 1.82) is 0 Å². The number of hydrogen-bond acceptors (Lipinski definition) is 5. The minimum Gasteiger partial charge on any atom is -1.00 e. The first-order valence-electron chi connectivity index (χ1n) is 6.61. The van der Waals surface area contributed by atoms with E-state index < -0.39 is 0 Å². The van der Waals surface area contributed by atoms with Crippen LogP contribution in [-0.2, 0) is 6.54 Å². The van der Waals surface area contributed by atoms with Crippen molar-refractivity contribution in [1.82, 2.24) is 19.6 Å². The largest absolute Gasteiger partial charge is 1.00 e. The topological polar surface area (TPSA) is 47.0 Å². The lowest BCUT2D eigenvalue weighted by molar-refractivity contribution is -0.674. The van der Waals surface area contributed by atoms with Gasteiger partial charge in [-0.3, -0.25) is 0 Å². The van der Waals surface area contributed by atoms with Gasteiger partial charge in [0.25, 0.3) is 5.16 Å². The van der Waals surface area contributed by atoms with Gasteiger partial charge in [-0.05, 0) is 30.5 Å². The van der Waals surface area contributed by atoms with Crippen LogP contribution in [0, 0.1) is 6.92 Å². The van der Waals surface area contributed by atoms with Crippen molar-refractivity contribution in [3.63, 3.8) is 0 Å². The lowest BCUT2D eigenvalue weighted by atomic mass is 10.3. The fraction of sp³-hybridized carbons (Fsp3) is 0.286. The number of fused-ring (bicyclic) bond motifs is 1. The highest BCUT2D eigenvalue weighted by Crippen LogP contribution is 2.18. The number of pyridine rings is 1. The third-order valence-corrected chi connectivity index (χ3v) is 4.77. The van der Waals surface area contributed by atoms with Gasteiger partial charge in [0, 0.05) is 17.8 Å². The molecule has 0 aromatic carbocycles. The van der Waals surface area contributed by atoms with Gasteiger partial charge in [0.15, 0.2) is 5.03 Å². The van der Waals surface area contributed by atoms with Gasteiger partial charge in [-0.25, -0.2) is 9.55 Å². The molecule has 0 fully saturated rings. The Morgan fingerprint density at radius 2 is 2.04 bits per heavy atom. The van der Waals surface area contributed by atoms with Crippen molar-refractivity contribution >= 4 is 40.9 Å². The second kappa shape index (κ2) is 8.00. The molecule has 0 aliphatic heterocycles. The van der Waals surface area contributed by atoms with Crippen LogP contribution in [0.15, 0.2) is 34.6 Å². The van der Waals surface area contributed by atoms with Crippen molar-refractivity contribution in [3.8, 4) is 0 Å². The minimum absolute atomic E-state index is 0. The van der Waals surface area contributed by atoms with Crippen LogP contribution >= 0.6 is 35.1 Å². The molecule has 0 amide bonds. The SMILES string of the molecule is CSc1nc2n(n1)c(SC)cc(C)[n+]2Cc1ccc(Cl)nc1.[I-]. The van der Waals surface area contributed by atoms with Crippen LogP contribution in [0.2, 0.25) is 5.15 Å². The van der Waals surface area contributed by atoms with E-state index in [9.17, 15) is 0 Å². The van der Waals surface area contributed by atoms with Gasteiger partial charge in [-0.2, -0.15) is 0 Å². The number of aryl methyl sites for hydroxylation is 1. The molecule has 0 N–H and O–H groups in total. The molecule has 0 bridgehead atoms. The Kier molecular flexibility index (Phi) is 6.52. The molecule has 0 saturated heterocycles. The van der Waals surface area contributed by atoms with Crippen LogP contribution in [0.25, 0.3) is 5.78 Å². The molecule has 0 spiro atoms. The predicted octanol–water partition coefficient (Wildman–Crippen LogP) is -0.130. The van der Waals surface area contributed by atoms with Crippen LogP contribution in [0.4, 0.5) is 0 Å². The molecule has 3 rings (SSSR count). The standard InChI is InChI=1S/C14H15ClN5S2.HI/c1-9-6-12(21-2)20-14(17-13(18-20)22-3)19(9)8-10-4-5-11(15)16-7-10;/h4-7H,8H2,1-3H3;1H/q+1;/p-1. The Bertz CT molecular complexity index is 822. The zero-order chi connectivity index (χ0) is 15.7. The van der Waals surface area contributed by atoms with Gasteiger partial charge in [0.2, 0.25) is 0 Å². The van der Waals surface area contributed by atoms with Gasteiger partial charge in [-0.15, -0.1) is 0 Å². The lowest BCUT2D eigenvalue weighted by Crippen LogP contribution is -3.00. The minimum atomic E-state index is 0. The van der Waals surface area contributed by atoms with E-state index in [0.29, 0.717) is 11.7 Å². The molecule has 23 heavy (non-hydrogen) atoms. The van der Waals surface area contributed by atoms with Gasteiger partial charge in [0.05, 0.1) is 12.2 Å². The van der Waals surface area contributed by atoms with E-state index in [0.717, 1.165) is 27.2 Å². The molecule has 3 aromatic heterocycles. The third kappa shape index (κ3) is 3.92. The summed E-state index contributed by atoms with van der Waals surface area (Å²) in [5.41, 5.74) is 2.21. The molecule has 3 heterocycles. The summed E-state index contributed by atoms with van der Waals surface area (Å²) in [6.07, 6.45) is 5.82. The Morgan fingerprint density at radius 3 is 2.65 bits per heavy atom. The monoisotopic (exact) mass is 479 g/mol. The number of halogens is 2. The summed E-state index contributed by atoms with van der Waals surface area (Å²) in [5.74, 6) is 0.837. The van der Waals surface area contributed by atoms with Gasteiger partial charge in [0.1, 0.15) is 5.15 Å². The fourth-order valence-electron chi connectivity index (χ4n) is 2.19. The molecule has 3 aromatic rings. The van der Waals surface area contributed by atoms with Gasteiger partial charge < -0.3 is 24.0 Å². The van der Waals surface area contributed by atoms with Crippen molar-refractivity contribution in [2.24, 2.45) is 0 Å². The molecule has 9 heteroatoms. The highest BCUT2D eigenvalue weighted by molar-refractivity contribution is 7.98. The number of hydrogen-bond donors (Lipinski definition) is 0. The zero-order valence-corrected chi connectivity index (χ0v) is 17.4. The summed E-state index contributed by atoms with van der Waals surface area (Å²) < 4.78 is 4.03. The predicted molar refractivity (Wildman–Crippen MR) is 89.8 cm³/mol. The smallest absolute Gasteiger partial charge is 0.427 e. The first-order valence-corrected chi connectivity index (χ1v) is 9.43. The molecule has 0 radical (unpaired) electrons. The maximum absolute atomic E-state index is 5.85. The van der Waals surface area contributed by atoms with E-state index in [1.165, 1.54) is 0 Å². The van der Waals surface area contributed by atoms with Gasteiger partial charge in [-0.1, -0.05) is 50.8 Å². The molecular weight excluding hydrogens is 465 g/mol. The van der Waals surface area contributed by atoms with Gasteiger partial charge >= 0.3 is 5.78 Å². The first kappa shape index (κ1) is 18.8. The van der Waals surface area contributed by atoms with Crippen LogP contribution in [0.5, 0.6) is 0 Å². The molecule has 0 aliphatic carbocycles. The van der Waals surface area contributed by atoms with Crippen molar-refractivity contribution < 1.29 is 28.5 Å². The van der Waals surface area contributed by atoms with E-state index in [1.54, 1.807) is 35.8 Å². The average Bonchev–Trinajstić information content (AvgIpc) is 2.96. The summed E-state index contributed by atoms with van der Waals surface area (Å²) in [5, 5.41) is 6.89. The Labute approximate surface area is 165 Å². The van der Waals surface area contributed by atoms with E-state index in [4.69, 9.17) is 11.6 Å². The Balaban J connectivity index is 0.00000192. The van der Waals surface area contributed by atoms with Crippen molar-refractivity contribution in [2.75, 3.05) is 12.5 Å². The fourth-order valence-corrected chi connectivity index (χ4v) is 3.23. The number of nitrogens with zero attached hydrogens (tertiary/aromatic N) is 5. The molecular formula is C14H15ClIN5S2. The molecule has 0 unspecified atom stereocenters. The number of thioether (sulfide) groups is 2. The zero-order valence-electron chi connectivity index (χ0n) is 12.8. The number of aromatic nitrogens is 5. The molecule has 0 aliphatic rings. The Hall–Kier alpha value is -0.580. The third-order valence-electron chi connectivity index (χ3n) is 3.30. The second-order valence-electron chi connectivity index (χ2n) is 4.71. The van der Waals surface area contributed by atoms with E-state index in [1.807, 2.05) is 23.1 Å². The van der Waals surface area contributed by atoms with Crippen molar-refractivity contribution in [2.45, 2.75) is 23.7 Å². The molecule has 0 atom stereocenters. The molecule has 122 valence electrons. The maximum Gasteiger partial charge on any atom is 0.427 e. The summed E-state index contributed by atoms with van der Waals surface area (Å²) in [6, 6.07) is 5.91. The van der Waals surface area contributed by atoms with Crippen LogP contribution in [-0.4, -0.2) is 32.1 Å². The summed E-state index contributed by atoms with van der Waals surface area (Å²) in [4.78, 5) is 8.77. The number of rotatable bonds is 4. The van der Waals surface area contributed by atoms with E-state index >= 15 is 0 Å². The lowest BCUT2D eigenvalue weighted by Gasteiger charge is -2.07. The summed E-state index contributed by atoms with van der Waals surface area (Å²) >= 11 is 9.06. The van der Waals surface area contributed by atoms with E-state index in [2.05, 4.69) is 32.6 Å². The quantitative estimate of drug-likeness (QED) is 0.172. The van der Waals surface area contributed by atoms with Crippen LogP contribution in [0.1, 0.15) is 11.3 Å². The van der Waals surface area contributed by atoms with Crippen LogP contribution < -0.4 is 28.5 Å². The summed E-state index contributed by atoms with van der Waals surface area (Å²) in [7, 11) is 0. The van der Waals surface area contributed by atoms with Crippen molar-refractivity contribution in [3.05, 3.63) is 40.8 Å². The van der Waals surface area contributed by atoms with E-state index in [-0.39, 0.29) is 24.0 Å². The molecule has 5 nitrogen and oxygen atoms in total. The Morgan fingerprint density at radius 1 is 1.26 bits per heavy atom. The second-order valence-corrected chi connectivity index (χ2v) is 6.70. The average molecular weight is 480 g/mol. The molecule has 0 saturated carbocycles. The highest BCUT2D eigenvalue weighted by atomic mass is 127. The maximum atomic E-state index is 5.85. The summed E-state index contributed by atoms with van der Waals surface area (Å²) in [6.45, 7) is 2.76. The van der Waals surface area contributed by atoms with Crippen LogP contribution in [0.3, 0.4) is 0 Å².